The van der Waals surface area contributed by atoms with Gasteiger partial charge in [-0.1, -0.05) is 6.92 Å². The van der Waals surface area contributed by atoms with Crippen LogP contribution in [0.4, 0.5) is 17.6 Å². The average molecular weight is 304 g/mol. The summed E-state index contributed by atoms with van der Waals surface area (Å²) in [6.07, 6.45) is 4.98. The highest BCUT2D eigenvalue weighted by atomic mass is 15.3. The molecule has 0 saturated carbocycles. The zero-order valence-corrected chi connectivity index (χ0v) is 13.8. The van der Waals surface area contributed by atoms with Crippen molar-refractivity contribution in [3.05, 3.63) is 6.07 Å². The van der Waals surface area contributed by atoms with Crippen molar-refractivity contribution in [2.24, 2.45) is 0 Å². The van der Waals surface area contributed by atoms with Gasteiger partial charge in [0.2, 0.25) is 5.95 Å². The second-order valence-electron chi connectivity index (χ2n) is 6.48. The van der Waals surface area contributed by atoms with E-state index in [1.807, 2.05) is 0 Å². The third kappa shape index (κ3) is 3.27. The first-order valence-corrected chi connectivity index (χ1v) is 8.52. The highest BCUT2D eigenvalue weighted by molar-refractivity contribution is 5.55. The van der Waals surface area contributed by atoms with Crippen molar-refractivity contribution in [1.82, 2.24) is 14.9 Å². The number of rotatable bonds is 3. The maximum Gasteiger partial charge on any atom is 0.223 e. The van der Waals surface area contributed by atoms with Crippen LogP contribution in [0, 0.1) is 0 Å². The lowest BCUT2D eigenvalue weighted by Crippen LogP contribution is -2.45. The smallest absolute Gasteiger partial charge is 0.223 e. The molecule has 2 aliphatic rings. The minimum absolute atomic E-state index is 0.395. The van der Waals surface area contributed by atoms with Gasteiger partial charge in [-0.3, -0.25) is 0 Å². The molecule has 22 heavy (non-hydrogen) atoms. The minimum atomic E-state index is 0.395. The average Bonchev–Trinajstić information content (AvgIpc) is 2.55. The van der Waals surface area contributed by atoms with Crippen molar-refractivity contribution in [3.8, 4) is 0 Å². The van der Waals surface area contributed by atoms with Gasteiger partial charge >= 0.3 is 0 Å². The first kappa shape index (κ1) is 15.3. The Morgan fingerprint density at radius 3 is 2.55 bits per heavy atom. The summed E-state index contributed by atoms with van der Waals surface area (Å²) in [6.45, 7) is 7.49. The maximum absolute atomic E-state index is 6.00. The molecule has 6 nitrogen and oxygen atoms in total. The van der Waals surface area contributed by atoms with Crippen LogP contribution in [-0.4, -0.2) is 60.7 Å². The fourth-order valence-corrected chi connectivity index (χ4v) is 3.51. The fourth-order valence-electron chi connectivity index (χ4n) is 3.51. The molecule has 2 fully saturated rings. The number of hydrogen-bond acceptors (Lipinski definition) is 6. The summed E-state index contributed by atoms with van der Waals surface area (Å²) in [4.78, 5) is 16.1. The van der Waals surface area contributed by atoms with E-state index in [4.69, 9.17) is 5.73 Å². The zero-order valence-electron chi connectivity index (χ0n) is 13.8. The fraction of sp³-hybridized carbons (Fsp3) is 0.750. The molecular formula is C16H28N6. The first-order chi connectivity index (χ1) is 10.7. The summed E-state index contributed by atoms with van der Waals surface area (Å²) in [5, 5.41) is 0. The summed E-state index contributed by atoms with van der Waals surface area (Å²) < 4.78 is 0. The van der Waals surface area contributed by atoms with E-state index >= 15 is 0 Å². The van der Waals surface area contributed by atoms with E-state index < -0.39 is 0 Å². The number of nitrogens with two attached hydrogens (primary N) is 1. The highest BCUT2D eigenvalue weighted by Crippen LogP contribution is 2.28. The second kappa shape index (κ2) is 6.69. The second-order valence-corrected chi connectivity index (χ2v) is 6.48. The third-order valence-corrected chi connectivity index (χ3v) is 4.94. The molecule has 0 radical (unpaired) electrons. The molecule has 0 bridgehead atoms. The van der Waals surface area contributed by atoms with E-state index in [0.29, 0.717) is 12.0 Å². The summed E-state index contributed by atoms with van der Waals surface area (Å²) >= 11 is 0. The zero-order chi connectivity index (χ0) is 15.5. The van der Waals surface area contributed by atoms with Crippen molar-refractivity contribution < 1.29 is 0 Å². The molecule has 1 aromatic heterocycles. The highest BCUT2D eigenvalue weighted by Gasteiger charge is 2.24. The Morgan fingerprint density at radius 2 is 1.82 bits per heavy atom. The molecule has 0 amide bonds. The lowest BCUT2D eigenvalue weighted by atomic mass is 10.00. The summed E-state index contributed by atoms with van der Waals surface area (Å²) in [7, 11) is 2.16. The summed E-state index contributed by atoms with van der Waals surface area (Å²) in [5.74, 6) is 2.39. The summed E-state index contributed by atoms with van der Waals surface area (Å²) in [6, 6.07) is 2.72. The molecule has 1 aromatic rings. The van der Waals surface area contributed by atoms with E-state index in [2.05, 4.69) is 44.7 Å². The number of anilines is 3. The van der Waals surface area contributed by atoms with Crippen LogP contribution in [-0.2, 0) is 0 Å². The minimum Gasteiger partial charge on any atom is -0.368 e. The number of aromatic nitrogens is 2. The molecule has 1 unspecified atom stereocenters. The van der Waals surface area contributed by atoms with Gasteiger partial charge in [0.15, 0.2) is 0 Å². The lowest BCUT2D eigenvalue weighted by Gasteiger charge is -2.37. The molecule has 3 rings (SSSR count). The van der Waals surface area contributed by atoms with E-state index in [-0.39, 0.29) is 0 Å². The number of piperazine rings is 1. The molecule has 6 heteroatoms. The first-order valence-electron chi connectivity index (χ1n) is 8.52. The van der Waals surface area contributed by atoms with E-state index in [1.54, 1.807) is 0 Å². The van der Waals surface area contributed by atoms with Gasteiger partial charge in [-0.25, -0.2) is 0 Å². The number of nitrogen functional groups attached to an aromatic ring is 1. The maximum atomic E-state index is 6.00. The quantitative estimate of drug-likeness (QED) is 0.915. The molecule has 1 atom stereocenters. The Balaban J connectivity index is 1.83. The van der Waals surface area contributed by atoms with Gasteiger partial charge in [-0.05, 0) is 32.7 Å². The number of piperidine rings is 1. The Labute approximate surface area is 133 Å². The molecule has 2 saturated heterocycles. The Morgan fingerprint density at radius 1 is 1.09 bits per heavy atom. The Bertz CT molecular complexity index is 497. The normalized spacial score (nSPS) is 23.8. The van der Waals surface area contributed by atoms with Crippen LogP contribution < -0.4 is 15.5 Å². The SMILES string of the molecule is CCC1CCCCN1c1cc(N2CCN(C)CC2)nc(N)n1. The molecule has 2 N–H and O–H groups in total. The van der Waals surface area contributed by atoms with Crippen LogP contribution in [0.5, 0.6) is 0 Å². The Kier molecular flexibility index (Phi) is 4.66. The van der Waals surface area contributed by atoms with Crippen molar-refractivity contribution in [1.29, 1.82) is 0 Å². The predicted octanol–water partition coefficient (Wildman–Crippen LogP) is 1.58. The summed E-state index contributed by atoms with van der Waals surface area (Å²) in [5.41, 5.74) is 6.00. The molecule has 3 heterocycles. The van der Waals surface area contributed by atoms with Gasteiger partial charge in [0, 0.05) is 44.8 Å². The van der Waals surface area contributed by atoms with Crippen LogP contribution in [0.1, 0.15) is 32.6 Å². The largest absolute Gasteiger partial charge is 0.368 e. The van der Waals surface area contributed by atoms with E-state index in [0.717, 1.165) is 50.8 Å². The number of nitrogens with zero attached hydrogens (tertiary/aromatic N) is 5. The van der Waals surface area contributed by atoms with Gasteiger partial charge in [-0.2, -0.15) is 9.97 Å². The lowest BCUT2D eigenvalue weighted by molar-refractivity contribution is 0.312. The van der Waals surface area contributed by atoms with Crippen LogP contribution in [0.3, 0.4) is 0 Å². The van der Waals surface area contributed by atoms with Crippen molar-refractivity contribution >= 4 is 17.6 Å². The molecule has 0 aliphatic carbocycles. The number of hydrogen-bond donors (Lipinski definition) is 1. The van der Waals surface area contributed by atoms with Gasteiger partial charge < -0.3 is 20.4 Å². The third-order valence-electron chi connectivity index (χ3n) is 4.94. The van der Waals surface area contributed by atoms with Gasteiger partial charge in [0.05, 0.1) is 0 Å². The van der Waals surface area contributed by atoms with Crippen molar-refractivity contribution in [2.45, 2.75) is 38.6 Å². The van der Waals surface area contributed by atoms with Crippen LogP contribution in [0.15, 0.2) is 6.07 Å². The van der Waals surface area contributed by atoms with Crippen molar-refractivity contribution in [3.63, 3.8) is 0 Å². The van der Waals surface area contributed by atoms with E-state index in [9.17, 15) is 0 Å². The van der Waals surface area contributed by atoms with Gasteiger partial charge in [-0.15, -0.1) is 0 Å². The molecule has 0 spiro atoms. The predicted molar refractivity (Wildman–Crippen MR) is 91.4 cm³/mol. The molecular weight excluding hydrogens is 276 g/mol. The molecule has 2 aliphatic heterocycles. The standard InChI is InChI=1S/C16H28N6/c1-3-13-6-4-5-7-22(13)15-12-14(18-16(17)19-15)21-10-8-20(2)9-11-21/h12-13H,3-11H2,1-2H3,(H2,17,18,19). The monoisotopic (exact) mass is 304 g/mol. The van der Waals surface area contributed by atoms with Crippen LogP contribution in [0.25, 0.3) is 0 Å². The Hall–Kier alpha value is -1.56. The molecule has 122 valence electrons. The topological polar surface area (TPSA) is 61.5 Å². The van der Waals surface area contributed by atoms with Gasteiger partial charge in [0.25, 0.3) is 0 Å². The van der Waals surface area contributed by atoms with E-state index in [1.165, 1.54) is 19.3 Å². The van der Waals surface area contributed by atoms with Crippen LogP contribution in [0.2, 0.25) is 0 Å². The van der Waals surface area contributed by atoms with Crippen LogP contribution >= 0.6 is 0 Å². The van der Waals surface area contributed by atoms with Crippen molar-refractivity contribution in [2.75, 3.05) is 55.3 Å². The number of likely N-dealkylation sites (N-methyl/N-ethyl adjacent to an activating group) is 1. The van der Waals surface area contributed by atoms with Gasteiger partial charge in [0.1, 0.15) is 11.6 Å². The molecule has 0 aromatic carbocycles.